The average molecular weight is 385 g/mol. The zero-order valence-electron chi connectivity index (χ0n) is 13.9. The first-order valence-electron chi connectivity index (χ1n) is 8.31. The second-order valence-electron chi connectivity index (χ2n) is 5.96. The molecule has 0 N–H and O–H groups in total. The maximum absolute atomic E-state index is 6.01. The van der Waals surface area contributed by atoms with Crippen molar-refractivity contribution in [3.05, 3.63) is 77.8 Å². The van der Waals surface area contributed by atoms with E-state index in [0.717, 1.165) is 23.4 Å². The number of nitrogens with zero attached hydrogens (tertiary/aromatic N) is 4. The average Bonchev–Trinajstić information content (AvgIpc) is 3.22. The normalized spacial score (nSPS) is 19.7. The lowest BCUT2D eigenvalue weighted by atomic mass is 9.98. The topological polar surface area (TPSA) is 52.3 Å². The minimum atomic E-state index is -0.0196. The van der Waals surface area contributed by atoms with E-state index in [2.05, 4.69) is 27.4 Å². The Labute approximate surface area is 161 Å². The predicted octanol–water partition coefficient (Wildman–Crippen LogP) is 4.46. The van der Waals surface area contributed by atoms with Gasteiger partial charge < -0.3 is 4.84 Å². The smallest absolute Gasteiger partial charge is 0.139 e. The van der Waals surface area contributed by atoms with Crippen LogP contribution in [-0.2, 0) is 4.84 Å². The van der Waals surface area contributed by atoms with Crippen molar-refractivity contribution >= 4 is 29.1 Å². The van der Waals surface area contributed by atoms with Crippen LogP contribution in [0.1, 0.15) is 18.0 Å². The molecule has 2 atom stereocenters. The van der Waals surface area contributed by atoms with Crippen LogP contribution in [0.5, 0.6) is 0 Å². The standard InChI is InChI=1S/C19H17ClN4OS/c20-15-8-6-14(7-9-15)19-18(24-13-21-12-22-24)10-16(25-23-19)11-26-17-4-2-1-3-5-17/h1-9,12-13,16,18H,10-11H2. The molecule has 0 radical (unpaired) electrons. The fourth-order valence-electron chi connectivity index (χ4n) is 2.88. The van der Waals surface area contributed by atoms with Gasteiger partial charge in [-0.3, -0.25) is 0 Å². The molecule has 0 saturated heterocycles. The van der Waals surface area contributed by atoms with E-state index in [0.29, 0.717) is 5.02 Å². The Hall–Kier alpha value is -2.31. The van der Waals surface area contributed by atoms with Crippen LogP contribution in [0.3, 0.4) is 0 Å². The van der Waals surface area contributed by atoms with Gasteiger partial charge in [0.05, 0.1) is 0 Å². The highest BCUT2D eigenvalue weighted by molar-refractivity contribution is 7.99. The molecule has 2 heterocycles. The number of benzene rings is 2. The van der Waals surface area contributed by atoms with Crippen LogP contribution in [0.25, 0.3) is 0 Å². The first-order valence-corrected chi connectivity index (χ1v) is 9.67. The molecule has 0 amide bonds. The molecule has 2 aromatic carbocycles. The second kappa shape index (κ2) is 7.93. The molecule has 0 saturated carbocycles. The van der Waals surface area contributed by atoms with Gasteiger partial charge in [-0.15, -0.1) is 11.8 Å². The summed E-state index contributed by atoms with van der Waals surface area (Å²) in [6.45, 7) is 0. The highest BCUT2D eigenvalue weighted by Gasteiger charge is 2.30. The van der Waals surface area contributed by atoms with Crippen molar-refractivity contribution < 1.29 is 4.84 Å². The summed E-state index contributed by atoms with van der Waals surface area (Å²) in [5, 5.41) is 9.45. The van der Waals surface area contributed by atoms with Gasteiger partial charge in [-0.05, 0) is 24.3 Å². The third kappa shape index (κ3) is 3.92. The molecule has 3 aromatic rings. The molecule has 1 aromatic heterocycles. The SMILES string of the molecule is Clc1ccc(C2=NOC(CSc3ccccc3)CC2n2cncn2)cc1. The van der Waals surface area contributed by atoms with E-state index in [1.54, 1.807) is 24.4 Å². The van der Waals surface area contributed by atoms with E-state index in [4.69, 9.17) is 16.4 Å². The van der Waals surface area contributed by atoms with Gasteiger partial charge in [-0.2, -0.15) is 5.10 Å². The summed E-state index contributed by atoms with van der Waals surface area (Å²) in [5.74, 6) is 0.826. The fraction of sp³-hybridized carbons (Fsp3) is 0.211. The summed E-state index contributed by atoms with van der Waals surface area (Å²) in [5.41, 5.74) is 1.82. The maximum atomic E-state index is 6.01. The van der Waals surface area contributed by atoms with Crippen molar-refractivity contribution in [2.45, 2.75) is 23.5 Å². The summed E-state index contributed by atoms with van der Waals surface area (Å²) in [7, 11) is 0. The van der Waals surface area contributed by atoms with Crippen LogP contribution in [0.4, 0.5) is 0 Å². The van der Waals surface area contributed by atoms with Crippen molar-refractivity contribution in [1.82, 2.24) is 14.8 Å². The van der Waals surface area contributed by atoms with E-state index in [-0.39, 0.29) is 12.1 Å². The number of hydrogen-bond acceptors (Lipinski definition) is 5. The minimum absolute atomic E-state index is 0.00505. The van der Waals surface area contributed by atoms with Gasteiger partial charge in [0, 0.05) is 27.7 Å². The summed E-state index contributed by atoms with van der Waals surface area (Å²) >= 11 is 7.78. The lowest BCUT2D eigenvalue weighted by Gasteiger charge is -2.28. The molecule has 1 aliphatic heterocycles. The Morgan fingerprint density at radius 2 is 1.92 bits per heavy atom. The zero-order valence-corrected chi connectivity index (χ0v) is 15.5. The third-order valence-electron chi connectivity index (χ3n) is 4.18. The Morgan fingerprint density at radius 3 is 2.65 bits per heavy atom. The maximum Gasteiger partial charge on any atom is 0.139 e. The van der Waals surface area contributed by atoms with Crippen LogP contribution in [-0.4, -0.2) is 32.3 Å². The number of thioether (sulfide) groups is 1. The molecular weight excluding hydrogens is 368 g/mol. The van der Waals surface area contributed by atoms with Crippen molar-refractivity contribution in [2.75, 3.05) is 5.75 Å². The molecule has 7 heteroatoms. The Kier molecular flexibility index (Phi) is 5.22. The van der Waals surface area contributed by atoms with Crippen LogP contribution < -0.4 is 0 Å². The van der Waals surface area contributed by atoms with Gasteiger partial charge in [0.15, 0.2) is 0 Å². The number of oxime groups is 1. The minimum Gasteiger partial charge on any atom is -0.391 e. The third-order valence-corrected chi connectivity index (χ3v) is 5.57. The van der Waals surface area contributed by atoms with Gasteiger partial charge in [-0.1, -0.05) is 47.1 Å². The van der Waals surface area contributed by atoms with E-state index in [9.17, 15) is 0 Å². The van der Waals surface area contributed by atoms with Crippen LogP contribution in [0.2, 0.25) is 5.02 Å². The fourth-order valence-corrected chi connectivity index (χ4v) is 3.93. The van der Waals surface area contributed by atoms with Crippen LogP contribution in [0, 0.1) is 0 Å². The molecule has 0 fully saturated rings. The number of halogens is 1. The summed E-state index contributed by atoms with van der Waals surface area (Å²) in [4.78, 5) is 11.1. The molecule has 1 aliphatic rings. The van der Waals surface area contributed by atoms with Gasteiger partial charge in [-0.25, -0.2) is 9.67 Å². The highest BCUT2D eigenvalue weighted by atomic mass is 35.5. The summed E-state index contributed by atoms with van der Waals surface area (Å²) < 4.78 is 1.84. The van der Waals surface area contributed by atoms with Crippen molar-refractivity contribution in [1.29, 1.82) is 0 Å². The molecular formula is C19H17ClN4OS. The highest BCUT2D eigenvalue weighted by Crippen LogP contribution is 2.30. The number of rotatable bonds is 5. The second-order valence-corrected chi connectivity index (χ2v) is 7.49. The predicted molar refractivity (Wildman–Crippen MR) is 104 cm³/mol. The lowest BCUT2D eigenvalue weighted by molar-refractivity contribution is 0.0483. The number of aromatic nitrogens is 3. The first-order chi connectivity index (χ1) is 12.8. The van der Waals surface area contributed by atoms with Crippen molar-refractivity contribution in [3.8, 4) is 0 Å². The van der Waals surface area contributed by atoms with Gasteiger partial charge in [0.2, 0.25) is 0 Å². The van der Waals surface area contributed by atoms with E-state index in [1.165, 1.54) is 4.90 Å². The molecule has 132 valence electrons. The molecule has 2 unspecified atom stereocenters. The van der Waals surface area contributed by atoms with Gasteiger partial charge in [0.1, 0.15) is 30.5 Å². The van der Waals surface area contributed by atoms with Crippen molar-refractivity contribution in [3.63, 3.8) is 0 Å². The van der Waals surface area contributed by atoms with Crippen molar-refractivity contribution in [2.24, 2.45) is 5.16 Å². The molecule has 0 bridgehead atoms. The van der Waals surface area contributed by atoms with Gasteiger partial charge >= 0.3 is 0 Å². The van der Waals surface area contributed by atoms with Gasteiger partial charge in [0.25, 0.3) is 0 Å². The van der Waals surface area contributed by atoms with Crippen LogP contribution >= 0.6 is 23.4 Å². The molecule has 0 spiro atoms. The first kappa shape index (κ1) is 17.1. The van der Waals surface area contributed by atoms with E-state index >= 15 is 0 Å². The van der Waals surface area contributed by atoms with E-state index in [1.807, 2.05) is 47.1 Å². The van der Waals surface area contributed by atoms with E-state index < -0.39 is 0 Å². The molecule has 4 rings (SSSR count). The monoisotopic (exact) mass is 384 g/mol. The lowest BCUT2D eigenvalue weighted by Crippen LogP contribution is -2.32. The molecule has 0 aliphatic carbocycles. The Balaban J connectivity index is 1.54. The largest absolute Gasteiger partial charge is 0.391 e. The summed E-state index contributed by atoms with van der Waals surface area (Å²) in [6, 6.07) is 17.9. The number of hydrogen-bond donors (Lipinski definition) is 0. The van der Waals surface area contributed by atoms with Crippen LogP contribution in [0.15, 0.2) is 77.3 Å². The Morgan fingerprint density at radius 1 is 1.12 bits per heavy atom. The quantitative estimate of drug-likeness (QED) is 0.609. The molecule has 5 nitrogen and oxygen atoms in total. The zero-order chi connectivity index (χ0) is 17.8. The Bertz CT molecular complexity index is 868. The molecule has 26 heavy (non-hydrogen) atoms. The summed E-state index contributed by atoms with van der Waals surface area (Å²) in [6.07, 6.45) is 4.06.